The minimum atomic E-state index is -0.399. The van der Waals surface area contributed by atoms with Crippen LogP contribution in [0.1, 0.15) is 34.2 Å². The van der Waals surface area contributed by atoms with Crippen molar-refractivity contribution in [2.24, 2.45) is 0 Å². The maximum atomic E-state index is 13.7. The summed E-state index contributed by atoms with van der Waals surface area (Å²) in [6, 6.07) is 9.99. The number of nitrogens with zero attached hydrogens (tertiary/aromatic N) is 5. The van der Waals surface area contributed by atoms with Crippen molar-refractivity contribution in [1.29, 1.82) is 0 Å². The van der Waals surface area contributed by atoms with E-state index in [9.17, 15) is 9.18 Å². The van der Waals surface area contributed by atoms with Gasteiger partial charge in [0.2, 0.25) is 5.78 Å². The monoisotopic (exact) mass is 406 g/mol. The highest BCUT2D eigenvalue weighted by Crippen LogP contribution is 2.27. The van der Waals surface area contributed by atoms with Crippen LogP contribution in [0.25, 0.3) is 5.78 Å². The van der Waals surface area contributed by atoms with Crippen LogP contribution >= 0.6 is 0 Å². The molecule has 0 bridgehead atoms. The first-order valence-corrected chi connectivity index (χ1v) is 9.68. The predicted octanol–water partition coefficient (Wildman–Crippen LogP) is 2.80. The van der Waals surface area contributed by atoms with E-state index in [0.717, 1.165) is 17.8 Å². The van der Waals surface area contributed by atoms with Crippen LogP contribution in [-0.2, 0) is 6.61 Å². The van der Waals surface area contributed by atoms with Crippen molar-refractivity contribution in [2.75, 3.05) is 13.1 Å². The van der Waals surface area contributed by atoms with Gasteiger partial charge in [0.1, 0.15) is 12.3 Å². The van der Waals surface area contributed by atoms with E-state index in [1.165, 1.54) is 6.07 Å². The van der Waals surface area contributed by atoms with Crippen molar-refractivity contribution < 1.29 is 13.9 Å². The van der Waals surface area contributed by atoms with Gasteiger partial charge >= 0.3 is 0 Å². The third-order valence-corrected chi connectivity index (χ3v) is 5.22. The molecule has 4 aromatic rings. The van der Waals surface area contributed by atoms with Crippen LogP contribution in [0.2, 0.25) is 0 Å². The summed E-state index contributed by atoms with van der Waals surface area (Å²) in [5.41, 5.74) is 2.01. The fourth-order valence-corrected chi connectivity index (χ4v) is 3.66. The number of ether oxygens (including phenoxy) is 1. The van der Waals surface area contributed by atoms with Gasteiger partial charge in [-0.3, -0.25) is 14.3 Å². The van der Waals surface area contributed by atoms with Gasteiger partial charge in [-0.1, -0.05) is 12.1 Å². The van der Waals surface area contributed by atoms with Crippen LogP contribution in [0, 0.1) is 5.82 Å². The lowest BCUT2D eigenvalue weighted by molar-refractivity contribution is 0.0785. The maximum Gasteiger partial charge on any atom is 0.274 e. The van der Waals surface area contributed by atoms with Crippen molar-refractivity contribution >= 4 is 11.7 Å². The van der Waals surface area contributed by atoms with Gasteiger partial charge in [-0.05, 0) is 30.7 Å². The summed E-state index contributed by atoms with van der Waals surface area (Å²) in [5, 5.41) is 7.31. The molecule has 4 heterocycles. The smallest absolute Gasteiger partial charge is 0.274 e. The minimum Gasteiger partial charge on any atom is -0.484 e. The van der Waals surface area contributed by atoms with Gasteiger partial charge in [-0.2, -0.15) is 5.10 Å². The number of hydrogen-bond donors (Lipinski definition) is 1. The number of nitrogens with one attached hydrogen (secondary N) is 1. The fourth-order valence-electron chi connectivity index (χ4n) is 3.66. The number of imidazole rings is 1. The molecule has 1 unspecified atom stereocenters. The topological polar surface area (TPSA) is 88.4 Å². The number of H-pyrrole nitrogens is 1. The zero-order chi connectivity index (χ0) is 20.5. The van der Waals surface area contributed by atoms with Gasteiger partial charge in [-0.25, -0.2) is 14.4 Å². The van der Waals surface area contributed by atoms with Crippen LogP contribution in [0.4, 0.5) is 4.39 Å². The number of aromatic amines is 1. The van der Waals surface area contributed by atoms with Gasteiger partial charge in [0, 0.05) is 37.6 Å². The number of fused-ring (bicyclic) bond motifs is 1. The van der Waals surface area contributed by atoms with Gasteiger partial charge < -0.3 is 9.64 Å². The largest absolute Gasteiger partial charge is 0.484 e. The zero-order valence-corrected chi connectivity index (χ0v) is 16.0. The Hall–Kier alpha value is -3.75. The highest BCUT2D eigenvalue weighted by atomic mass is 19.1. The molecule has 1 fully saturated rings. The van der Waals surface area contributed by atoms with Crippen LogP contribution in [0.5, 0.6) is 5.75 Å². The van der Waals surface area contributed by atoms with Crippen molar-refractivity contribution in [3.8, 4) is 5.75 Å². The van der Waals surface area contributed by atoms with E-state index in [1.54, 1.807) is 46.0 Å². The van der Waals surface area contributed by atoms with Crippen LogP contribution in [-0.4, -0.2) is 48.5 Å². The summed E-state index contributed by atoms with van der Waals surface area (Å²) in [4.78, 5) is 23.1. The normalized spacial score (nSPS) is 16.3. The Kier molecular flexibility index (Phi) is 4.62. The van der Waals surface area contributed by atoms with Crippen molar-refractivity contribution in [1.82, 2.24) is 29.5 Å². The lowest BCUT2D eigenvalue weighted by Gasteiger charge is -2.14. The highest BCUT2D eigenvalue weighted by Gasteiger charge is 2.30. The summed E-state index contributed by atoms with van der Waals surface area (Å²) in [6.07, 6.45) is 5.97. The first kappa shape index (κ1) is 18.3. The zero-order valence-electron chi connectivity index (χ0n) is 16.0. The maximum absolute atomic E-state index is 13.7. The molecule has 0 radical (unpaired) electrons. The average molecular weight is 406 g/mol. The highest BCUT2D eigenvalue weighted by molar-refractivity contribution is 5.93. The first-order chi connectivity index (χ1) is 14.7. The Balaban J connectivity index is 1.22. The SMILES string of the molecule is O=C(c1cn2cccnc2n1)N1CCC(c2cc(COc3ccccc3F)[nH]n2)C1. The molecule has 0 aliphatic carbocycles. The Bertz CT molecular complexity index is 1170. The average Bonchev–Trinajstić information content (AvgIpc) is 3.51. The molecule has 30 heavy (non-hydrogen) atoms. The number of hydrogen-bond acceptors (Lipinski definition) is 5. The lowest BCUT2D eigenvalue weighted by atomic mass is 10.1. The second-order valence-corrected chi connectivity index (χ2v) is 7.23. The number of rotatable bonds is 5. The first-order valence-electron chi connectivity index (χ1n) is 9.68. The molecule has 1 aliphatic rings. The number of para-hydroxylation sites is 1. The second-order valence-electron chi connectivity index (χ2n) is 7.23. The number of aromatic nitrogens is 5. The molecule has 8 nitrogen and oxygen atoms in total. The number of carbonyl (C=O) groups excluding carboxylic acids is 1. The molecule has 1 N–H and O–H groups in total. The number of benzene rings is 1. The van der Waals surface area contributed by atoms with E-state index in [2.05, 4.69) is 20.2 Å². The molecule has 1 saturated heterocycles. The number of halogens is 1. The van der Waals surface area contributed by atoms with Crippen molar-refractivity contribution in [3.05, 3.63) is 77.9 Å². The summed E-state index contributed by atoms with van der Waals surface area (Å²) >= 11 is 0. The van der Waals surface area contributed by atoms with Crippen LogP contribution in [0.3, 0.4) is 0 Å². The van der Waals surface area contributed by atoms with E-state index in [1.807, 2.05) is 12.3 Å². The molecule has 1 aliphatic heterocycles. The lowest BCUT2D eigenvalue weighted by Crippen LogP contribution is -2.28. The third-order valence-electron chi connectivity index (χ3n) is 5.22. The van der Waals surface area contributed by atoms with E-state index in [0.29, 0.717) is 24.6 Å². The number of carbonyl (C=O) groups is 1. The molecule has 1 atom stereocenters. The summed E-state index contributed by atoms with van der Waals surface area (Å²) in [7, 11) is 0. The second kappa shape index (κ2) is 7.58. The Morgan fingerprint density at radius 2 is 2.20 bits per heavy atom. The van der Waals surface area contributed by atoms with E-state index in [4.69, 9.17) is 4.74 Å². The van der Waals surface area contributed by atoms with Gasteiger partial charge in [0.05, 0.1) is 11.4 Å². The fraction of sp³-hybridized carbons (Fsp3) is 0.238. The van der Waals surface area contributed by atoms with E-state index in [-0.39, 0.29) is 24.2 Å². The number of likely N-dealkylation sites (tertiary alicyclic amines) is 1. The summed E-state index contributed by atoms with van der Waals surface area (Å²) < 4.78 is 20.9. The molecule has 3 aromatic heterocycles. The molecule has 152 valence electrons. The third kappa shape index (κ3) is 3.49. The van der Waals surface area contributed by atoms with E-state index < -0.39 is 5.82 Å². The summed E-state index contributed by atoms with van der Waals surface area (Å²) in [6.45, 7) is 1.40. The predicted molar refractivity (Wildman–Crippen MR) is 106 cm³/mol. The Labute approximate surface area is 171 Å². The standard InChI is InChI=1S/C21H19FN6O2/c22-16-4-1-2-5-19(16)30-13-15-10-17(26-25-15)14-6-9-27(11-14)20(29)18-12-28-8-3-7-23-21(28)24-18/h1-5,7-8,10,12,14H,6,9,11,13H2,(H,25,26). The quantitative estimate of drug-likeness (QED) is 0.551. The molecule has 9 heteroatoms. The molecular formula is C21H19FN6O2. The Morgan fingerprint density at radius 3 is 3.07 bits per heavy atom. The van der Waals surface area contributed by atoms with Crippen LogP contribution < -0.4 is 4.74 Å². The summed E-state index contributed by atoms with van der Waals surface area (Å²) in [5.74, 6) is 0.324. The van der Waals surface area contributed by atoms with Crippen molar-refractivity contribution in [2.45, 2.75) is 18.9 Å². The minimum absolute atomic E-state index is 0.110. The van der Waals surface area contributed by atoms with Crippen LogP contribution in [0.15, 0.2) is 55.0 Å². The molecule has 0 spiro atoms. The van der Waals surface area contributed by atoms with Gasteiger partial charge in [-0.15, -0.1) is 0 Å². The van der Waals surface area contributed by atoms with E-state index >= 15 is 0 Å². The molecule has 1 aromatic carbocycles. The number of amides is 1. The van der Waals surface area contributed by atoms with Gasteiger partial charge in [0.25, 0.3) is 5.91 Å². The Morgan fingerprint density at radius 1 is 1.30 bits per heavy atom. The molecule has 0 saturated carbocycles. The van der Waals surface area contributed by atoms with Gasteiger partial charge in [0.15, 0.2) is 11.6 Å². The molecular weight excluding hydrogens is 387 g/mol. The molecule has 5 rings (SSSR count). The molecule has 1 amide bonds. The van der Waals surface area contributed by atoms with Crippen molar-refractivity contribution in [3.63, 3.8) is 0 Å².